The zero-order valence-electron chi connectivity index (χ0n) is 10.5. The average Bonchev–Trinajstić information content (AvgIpc) is 2.33. The monoisotopic (exact) mass is 246 g/mol. The molecule has 0 fully saturated rings. The van der Waals surface area contributed by atoms with E-state index in [1.54, 1.807) is 0 Å². The standard InChI is InChI=1S/C12H26N2O3/c13-8-2-1-6-12(17,7-4-10-15)11(16)5-3-9-14/h10-11,16-17H,1-9,13-14H2. The summed E-state index contributed by atoms with van der Waals surface area (Å²) in [6, 6.07) is 0. The summed E-state index contributed by atoms with van der Waals surface area (Å²) in [6.07, 6.45) is 3.69. The van der Waals surface area contributed by atoms with Crippen LogP contribution in [0.4, 0.5) is 0 Å². The number of aldehydes is 1. The summed E-state index contributed by atoms with van der Waals surface area (Å²) in [5.74, 6) is 0. The summed E-state index contributed by atoms with van der Waals surface area (Å²) in [7, 11) is 0. The minimum atomic E-state index is -1.18. The van der Waals surface area contributed by atoms with Gasteiger partial charge in [0.1, 0.15) is 6.29 Å². The Labute approximate surface area is 103 Å². The van der Waals surface area contributed by atoms with E-state index in [2.05, 4.69) is 0 Å². The number of hydrogen-bond donors (Lipinski definition) is 4. The van der Waals surface area contributed by atoms with Crippen LogP contribution in [-0.4, -0.2) is 41.3 Å². The molecule has 102 valence electrons. The lowest BCUT2D eigenvalue weighted by Gasteiger charge is -2.33. The number of aliphatic hydroxyl groups is 2. The van der Waals surface area contributed by atoms with Crippen molar-refractivity contribution >= 4 is 6.29 Å². The van der Waals surface area contributed by atoms with Crippen molar-refractivity contribution in [2.45, 2.75) is 56.7 Å². The lowest BCUT2D eigenvalue weighted by molar-refractivity contribution is -0.114. The van der Waals surface area contributed by atoms with Gasteiger partial charge in [-0.25, -0.2) is 0 Å². The van der Waals surface area contributed by atoms with Crippen molar-refractivity contribution in [3.63, 3.8) is 0 Å². The van der Waals surface area contributed by atoms with Gasteiger partial charge in [0.2, 0.25) is 0 Å². The molecule has 17 heavy (non-hydrogen) atoms. The van der Waals surface area contributed by atoms with Gasteiger partial charge in [-0.1, -0.05) is 0 Å². The summed E-state index contributed by atoms with van der Waals surface area (Å²) in [5, 5.41) is 20.3. The van der Waals surface area contributed by atoms with Crippen LogP contribution in [0.2, 0.25) is 0 Å². The summed E-state index contributed by atoms with van der Waals surface area (Å²) < 4.78 is 0. The Morgan fingerprint density at radius 1 is 1.12 bits per heavy atom. The van der Waals surface area contributed by atoms with Gasteiger partial charge in [-0.3, -0.25) is 0 Å². The van der Waals surface area contributed by atoms with E-state index in [0.717, 1.165) is 19.1 Å². The molecule has 2 unspecified atom stereocenters. The quantitative estimate of drug-likeness (QED) is 0.301. The van der Waals surface area contributed by atoms with Crippen LogP contribution in [-0.2, 0) is 4.79 Å². The molecule has 0 aliphatic rings. The molecule has 0 spiro atoms. The highest BCUT2D eigenvalue weighted by Gasteiger charge is 2.33. The largest absolute Gasteiger partial charge is 0.390 e. The van der Waals surface area contributed by atoms with E-state index in [1.807, 2.05) is 0 Å². The average molecular weight is 246 g/mol. The molecule has 0 saturated carbocycles. The van der Waals surface area contributed by atoms with Crippen LogP contribution in [0.15, 0.2) is 0 Å². The van der Waals surface area contributed by atoms with E-state index in [4.69, 9.17) is 11.5 Å². The molecule has 0 aromatic carbocycles. The lowest BCUT2D eigenvalue weighted by atomic mass is 9.84. The third-order valence-corrected chi connectivity index (χ3v) is 3.06. The second-order valence-electron chi connectivity index (χ2n) is 4.50. The summed E-state index contributed by atoms with van der Waals surface area (Å²) in [6.45, 7) is 1.06. The molecule has 2 atom stereocenters. The Balaban J connectivity index is 4.29. The van der Waals surface area contributed by atoms with Gasteiger partial charge >= 0.3 is 0 Å². The van der Waals surface area contributed by atoms with E-state index in [0.29, 0.717) is 38.8 Å². The van der Waals surface area contributed by atoms with Crippen molar-refractivity contribution in [1.29, 1.82) is 0 Å². The molecule has 0 rings (SSSR count). The van der Waals surface area contributed by atoms with Crippen LogP contribution in [0.3, 0.4) is 0 Å². The van der Waals surface area contributed by atoms with Crippen LogP contribution in [0.1, 0.15) is 44.9 Å². The Bertz CT molecular complexity index is 202. The third kappa shape index (κ3) is 6.73. The number of carbonyl (C=O) groups is 1. The first kappa shape index (κ1) is 16.5. The topological polar surface area (TPSA) is 110 Å². The molecule has 0 heterocycles. The minimum absolute atomic E-state index is 0.263. The maximum atomic E-state index is 10.4. The molecular weight excluding hydrogens is 220 g/mol. The summed E-state index contributed by atoms with van der Waals surface area (Å²) >= 11 is 0. The molecule has 6 N–H and O–H groups in total. The van der Waals surface area contributed by atoms with Gasteiger partial charge in [-0.15, -0.1) is 0 Å². The van der Waals surface area contributed by atoms with E-state index in [1.165, 1.54) is 0 Å². The summed E-state index contributed by atoms with van der Waals surface area (Å²) in [4.78, 5) is 10.4. The van der Waals surface area contributed by atoms with Crippen molar-refractivity contribution in [2.75, 3.05) is 13.1 Å². The fraction of sp³-hybridized carbons (Fsp3) is 0.917. The Morgan fingerprint density at radius 3 is 2.29 bits per heavy atom. The molecule has 0 saturated heterocycles. The van der Waals surface area contributed by atoms with Crippen LogP contribution >= 0.6 is 0 Å². The zero-order valence-corrected chi connectivity index (χ0v) is 10.5. The fourth-order valence-corrected chi connectivity index (χ4v) is 1.92. The van der Waals surface area contributed by atoms with E-state index >= 15 is 0 Å². The zero-order chi connectivity index (χ0) is 13.1. The lowest BCUT2D eigenvalue weighted by Crippen LogP contribution is -2.42. The third-order valence-electron chi connectivity index (χ3n) is 3.06. The van der Waals surface area contributed by atoms with Gasteiger partial charge in [0.05, 0.1) is 11.7 Å². The van der Waals surface area contributed by atoms with Crippen LogP contribution in [0, 0.1) is 0 Å². The van der Waals surface area contributed by atoms with Gasteiger partial charge in [0.25, 0.3) is 0 Å². The highest BCUT2D eigenvalue weighted by atomic mass is 16.3. The smallest absolute Gasteiger partial charge is 0.120 e. The minimum Gasteiger partial charge on any atom is -0.390 e. The number of nitrogens with two attached hydrogens (primary N) is 2. The number of carbonyl (C=O) groups excluding carboxylic acids is 1. The molecule has 0 amide bonds. The number of rotatable bonds is 11. The molecule has 0 radical (unpaired) electrons. The number of unbranched alkanes of at least 4 members (excludes halogenated alkanes) is 1. The number of hydrogen-bond acceptors (Lipinski definition) is 5. The van der Waals surface area contributed by atoms with Gasteiger partial charge in [0.15, 0.2) is 0 Å². The highest BCUT2D eigenvalue weighted by Crippen LogP contribution is 2.26. The van der Waals surface area contributed by atoms with Crippen molar-refractivity contribution in [3.05, 3.63) is 0 Å². The normalized spacial score (nSPS) is 16.5. The predicted octanol–water partition coefficient (Wildman–Crippen LogP) is -0.0746. The van der Waals surface area contributed by atoms with Crippen molar-refractivity contribution < 1.29 is 15.0 Å². The highest BCUT2D eigenvalue weighted by molar-refractivity contribution is 5.49. The van der Waals surface area contributed by atoms with Crippen molar-refractivity contribution in [1.82, 2.24) is 0 Å². The Hall–Kier alpha value is -0.490. The first-order valence-electron chi connectivity index (χ1n) is 6.35. The molecular formula is C12H26N2O3. The SMILES string of the molecule is NCCCCC(O)(CCC=O)C(O)CCCN. The first-order valence-corrected chi connectivity index (χ1v) is 6.35. The molecule has 0 aliphatic heterocycles. The number of aliphatic hydroxyl groups excluding tert-OH is 1. The second kappa shape index (κ2) is 9.53. The van der Waals surface area contributed by atoms with Crippen LogP contribution < -0.4 is 11.5 Å². The molecule has 5 nitrogen and oxygen atoms in total. The van der Waals surface area contributed by atoms with Gasteiger partial charge in [0, 0.05) is 6.42 Å². The maximum absolute atomic E-state index is 10.4. The van der Waals surface area contributed by atoms with Gasteiger partial charge < -0.3 is 26.5 Å². The fourth-order valence-electron chi connectivity index (χ4n) is 1.92. The second-order valence-corrected chi connectivity index (χ2v) is 4.50. The summed E-state index contributed by atoms with van der Waals surface area (Å²) in [5.41, 5.74) is 9.60. The predicted molar refractivity (Wildman–Crippen MR) is 67.4 cm³/mol. The molecule has 0 aromatic heterocycles. The van der Waals surface area contributed by atoms with E-state index in [9.17, 15) is 15.0 Å². The molecule has 5 heteroatoms. The molecule has 0 aliphatic carbocycles. The molecule has 0 bridgehead atoms. The van der Waals surface area contributed by atoms with Crippen LogP contribution in [0.5, 0.6) is 0 Å². The Kier molecular flexibility index (Phi) is 9.26. The van der Waals surface area contributed by atoms with Gasteiger partial charge in [-0.05, 0) is 51.6 Å². The first-order chi connectivity index (χ1) is 8.10. The van der Waals surface area contributed by atoms with Gasteiger partial charge in [-0.2, -0.15) is 0 Å². The van der Waals surface area contributed by atoms with E-state index < -0.39 is 11.7 Å². The van der Waals surface area contributed by atoms with Crippen LogP contribution in [0.25, 0.3) is 0 Å². The maximum Gasteiger partial charge on any atom is 0.120 e. The van der Waals surface area contributed by atoms with Crippen molar-refractivity contribution in [2.24, 2.45) is 11.5 Å². The molecule has 0 aromatic rings. The van der Waals surface area contributed by atoms with E-state index in [-0.39, 0.29) is 6.42 Å². The Morgan fingerprint density at radius 2 is 1.76 bits per heavy atom. The van der Waals surface area contributed by atoms with Crippen molar-refractivity contribution in [3.8, 4) is 0 Å².